The van der Waals surface area contributed by atoms with E-state index in [2.05, 4.69) is 68.2 Å². The van der Waals surface area contributed by atoms with E-state index in [4.69, 9.17) is 0 Å². The third-order valence-electron chi connectivity index (χ3n) is 3.40. The summed E-state index contributed by atoms with van der Waals surface area (Å²) in [5.74, 6) is 2.76. The van der Waals surface area contributed by atoms with E-state index in [-0.39, 0.29) is 0 Å². The van der Waals surface area contributed by atoms with Gasteiger partial charge >= 0.3 is 0 Å². The van der Waals surface area contributed by atoms with Crippen molar-refractivity contribution in [2.75, 3.05) is 12.3 Å². The minimum atomic E-state index is 0.506. The first-order chi connectivity index (χ1) is 8.18. The second kappa shape index (κ2) is 5.92. The first-order valence-electron chi connectivity index (χ1n) is 6.58. The molecule has 94 valence electrons. The normalized spacial score (nSPS) is 30.2. The molecule has 1 fully saturated rings. The van der Waals surface area contributed by atoms with Crippen molar-refractivity contribution >= 4 is 11.8 Å². The fraction of sp³-hybridized carbons (Fsp3) is 0.600. The number of hydrogen-bond acceptors (Lipinski definition) is 2. The SMILES string of the molecule is CC1CNC(c2ccccc2)C(C(C)C)SC1. The molecular formula is C15H23NS. The lowest BCUT2D eigenvalue weighted by Crippen LogP contribution is -2.32. The molecule has 0 radical (unpaired) electrons. The van der Waals surface area contributed by atoms with E-state index in [1.54, 1.807) is 0 Å². The van der Waals surface area contributed by atoms with Gasteiger partial charge in [0.1, 0.15) is 0 Å². The predicted octanol–water partition coefficient (Wildman–Crippen LogP) is 3.72. The molecule has 1 aromatic carbocycles. The van der Waals surface area contributed by atoms with Crippen molar-refractivity contribution in [3.05, 3.63) is 35.9 Å². The standard InChI is InChI=1S/C15H23NS/c1-11(2)15-14(13-7-5-4-6-8-13)16-9-12(3)10-17-15/h4-8,11-12,14-16H,9-10H2,1-3H3. The van der Waals surface area contributed by atoms with Crippen molar-refractivity contribution in [1.82, 2.24) is 5.32 Å². The maximum Gasteiger partial charge on any atom is 0.0443 e. The molecule has 0 aliphatic carbocycles. The number of benzene rings is 1. The molecule has 0 saturated carbocycles. The third kappa shape index (κ3) is 3.26. The van der Waals surface area contributed by atoms with Gasteiger partial charge in [-0.3, -0.25) is 0 Å². The van der Waals surface area contributed by atoms with Crippen molar-refractivity contribution in [3.63, 3.8) is 0 Å². The molecule has 17 heavy (non-hydrogen) atoms. The minimum absolute atomic E-state index is 0.506. The van der Waals surface area contributed by atoms with E-state index in [0.29, 0.717) is 17.2 Å². The molecule has 0 aromatic heterocycles. The number of nitrogens with one attached hydrogen (secondary N) is 1. The Morgan fingerprint density at radius 2 is 1.94 bits per heavy atom. The van der Waals surface area contributed by atoms with Gasteiger partial charge < -0.3 is 5.32 Å². The molecule has 1 heterocycles. The Kier molecular flexibility index (Phi) is 4.52. The van der Waals surface area contributed by atoms with Crippen LogP contribution in [0.2, 0.25) is 0 Å². The van der Waals surface area contributed by atoms with E-state index in [1.165, 1.54) is 11.3 Å². The largest absolute Gasteiger partial charge is 0.309 e. The summed E-state index contributed by atoms with van der Waals surface area (Å²) in [6.45, 7) is 8.15. The Morgan fingerprint density at radius 1 is 1.24 bits per heavy atom. The van der Waals surface area contributed by atoms with Gasteiger partial charge in [-0.05, 0) is 29.7 Å². The Bertz CT molecular complexity index is 336. The quantitative estimate of drug-likeness (QED) is 0.857. The fourth-order valence-electron chi connectivity index (χ4n) is 2.42. The van der Waals surface area contributed by atoms with Gasteiger partial charge in [0, 0.05) is 11.3 Å². The van der Waals surface area contributed by atoms with E-state index in [0.717, 1.165) is 12.5 Å². The Hall–Kier alpha value is -0.470. The van der Waals surface area contributed by atoms with Gasteiger partial charge in [0.15, 0.2) is 0 Å². The minimum Gasteiger partial charge on any atom is -0.309 e. The molecule has 0 amide bonds. The Morgan fingerprint density at radius 3 is 2.59 bits per heavy atom. The van der Waals surface area contributed by atoms with Crippen molar-refractivity contribution in [3.8, 4) is 0 Å². The lowest BCUT2D eigenvalue weighted by Gasteiger charge is -2.28. The molecule has 2 heteroatoms. The zero-order chi connectivity index (χ0) is 12.3. The number of rotatable bonds is 2. The van der Waals surface area contributed by atoms with Crippen molar-refractivity contribution in [2.45, 2.75) is 32.1 Å². The predicted molar refractivity (Wildman–Crippen MR) is 77.4 cm³/mol. The molecular weight excluding hydrogens is 226 g/mol. The van der Waals surface area contributed by atoms with E-state index < -0.39 is 0 Å². The lowest BCUT2D eigenvalue weighted by atomic mass is 9.96. The first-order valence-corrected chi connectivity index (χ1v) is 7.63. The van der Waals surface area contributed by atoms with Gasteiger partial charge in [0.2, 0.25) is 0 Å². The Labute approximate surface area is 109 Å². The average Bonchev–Trinajstić information content (AvgIpc) is 2.52. The maximum atomic E-state index is 3.76. The van der Waals surface area contributed by atoms with Crippen LogP contribution in [-0.4, -0.2) is 17.5 Å². The summed E-state index contributed by atoms with van der Waals surface area (Å²) >= 11 is 2.14. The maximum absolute atomic E-state index is 3.76. The topological polar surface area (TPSA) is 12.0 Å². The summed E-state index contributed by atoms with van der Waals surface area (Å²) in [6, 6.07) is 11.4. The van der Waals surface area contributed by atoms with Crippen LogP contribution in [0.1, 0.15) is 32.4 Å². The van der Waals surface area contributed by atoms with E-state index in [9.17, 15) is 0 Å². The molecule has 0 spiro atoms. The van der Waals surface area contributed by atoms with Crippen molar-refractivity contribution in [2.24, 2.45) is 11.8 Å². The van der Waals surface area contributed by atoms with Gasteiger partial charge in [0.05, 0.1) is 0 Å². The highest BCUT2D eigenvalue weighted by molar-refractivity contribution is 7.99. The third-order valence-corrected chi connectivity index (χ3v) is 5.37. The summed E-state index contributed by atoms with van der Waals surface area (Å²) < 4.78 is 0. The average molecular weight is 249 g/mol. The summed E-state index contributed by atoms with van der Waals surface area (Å²) in [5, 5.41) is 4.44. The van der Waals surface area contributed by atoms with Crippen molar-refractivity contribution < 1.29 is 0 Å². The van der Waals surface area contributed by atoms with Gasteiger partial charge in [-0.1, -0.05) is 51.1 Å². The van der Waals surface area contributed by atoms with Crippen molar-refractivity contribution in [1.29, 1.82) is 0 Å². The molecule has 3 atom stereocenters. The van der Waals surface area contributed by atoms with Crippen LogP contribution in [-0.2, 0) is 0 Å². The lowest BCUT2D eigenvalue weighted by molar-refractivity contribution is 0.433. The molecule has 1 nitrogen and oxygen atoms in total. The Balaban J connectivity index is 2.21. The number of thioether (sulfide) groups is 1. The summed E-state index contributed by atoms with van der Waals surface area (Å²) in [4.78, 5) is 0. The second-order valence-electron chi connectivity index (χ2n) is 5.44. The number of hydrogen-bond donors (Lipinski definition) is 1. The van der Waals surface area contributed by atoms with Gasteiger partial charge in [-0.15, -0.1) is 0 Å². The van der Waals surface area contributed by atoms with Gasteiger partial charge in [-0.25, -0.2) is 0 Å². The van der Waals surface area contributed by atoms with Crippen LogP contribution in [0.3, 0.4) is 0 Å². The first kappa shape index (κ1) is 13.0. The van der Waals surface area contributed by atoms with Crippen LogP contribution in [0, 0.1) is 11.8 Å². The van der Waals surface area contributed by atoms with Gasteiger partial charge in [-0.2, -0.15) is 11.8 Å². The van der Waals surface area contributed by atoms with Gasteiger partial charge in [0.25, 0.3) is 0 Å². The highest BCUT2D eigenvalue weighted by Crippen LogP contribution is 2.35. The zero-order valence-electron chi connectivity index (χ0n) is 11.0. The smallest absolute Gasteiger partial charge is 0.0443 e. The molecule has 1 aliphatic rings. The molecule has 1 aromatic rings. The molecule has 3 unspecified atom stereocenters. The molecule has 0 bridgehead atoms. The van der Waals surface area contributed by atoms with Crippen LogP contribution in [0.5, 0.6) is 0 Å². The molecule has 2 rings (SSSR count). The van der Waals surface area contributed by atoms with E-state index in [1.807, 2.05) is 0 Å². The van der Waals surface area contributed by atoms with Crippen LogP contribution in [0.15, 0.2) is 30.3 Å². The molecule has 1 aliphatic heterocycles. The highest BCUT2D eigenvalue weighted by Gasteiger charge is 2.29. The summed E-state index contributed by atoms with van der Waals surface area (Å²) in [5.41, 5.74) is 1.44. The fourth-order valence-corrected chi connectivity index (χ4v) is 3.92. The van der Waals surface area contributed by atoms with Crippen LogP contribution >= 0.6 is 11.8 Å². The second-order valence-corrected chi connectivity index (χ2v) is 6.65. The van der Waals surface area contributed by atoms with Crippen LogP contribution in [0.4, 0.5) is 0 Å². The summed E-state index contributed by atoms with van der Waals surface area (Å²) in [7, 11) is 0. The molecule has 1 saturated heterocycles. The molecule has 1 N–H and O–H groups in total. The van der Waals surface area contributed by atoms with E-state index >= 15 is 0 Å². The zero-order valence-corrected chi connectivity index (χ0v) is 11.8. The highest BCUT2D eigenvalue weighted by atomic mass is 32.2. The monoisotopic (exact) mass is 249 g/mol. The van der Waals surface area contributed by atoms with Crippen LogP contribution < -0.4 is 5.32 Å². The van der Waals surface area contributed by atoms with Crippen LogP contribution in [0.25, 0.3) is 0 Å². The summed E-state index contributed by atoms with van der Waals surface area (Å²) in [6.07, 6.45) is 0.